The van der Waals surface area contributed by atoms with Gasteiger partial charge >= 0.3 is 0 Å². The smallest absolute Gasteiger partial charge is 0.0477 e. The monoisotopic (exact) mass is 348 g/mol. The first kappa shape index (κ1) is 18.7. The third-order valence-electron chi connectivity index (χ3n) is 4.53. The van der Waals surface area contributed by atoms with Crippen molar-refractivity contribution in [1.29, 1.82) is 0 Å². The summed E-state index contributed by atoms with van der Waals surface area (Å²) in [6.07, 6.45) is 11.9. The van der Waals surface area contributed by atoms with Gasteiger partial charge in [-0.25, -0.2) is 0 Å². The van der Waals surface area contributed by atoms with Crippen molar-refractivity contribution in [1.82, 2.24) is 0 Å². The Labute approximate surface area is 151 Å². The molecule has 0 atom stereocenters. The first-order valence-electron chi connectivity index (χ1n) is 9.34. The Bertz CT molecular complexity index is 589. The van der Waals surface area contributed by atoms with Crippen molar-refractivity contribution in [3.63, 3.8) is 0 Å². The molecule has 2 heterocycles. The van der Waals surface area contributed by atoms with Crippen LogP contribution in [0.2, 0.25) is 0 Å². The molecule has 0 aliphatic carbocycles. The van der Waals surface area contributed by atoms with E-state index >= 15 is 0 Å². The molecule has 0 fully saturated rings. The summed E-state index contributed by atoms with van der Waals surface area (Å²) in [5.74, 6) is 0. The quantitative estimate of drug-likeness (QED) is 0.382. The molecule has 2 heteroatoms. The lowest BCUT2D eigenvalue weighted by atomic mass is 10.0. The zero-order chi connectivity index (χ0) is 16.7. The van der Waals surface area contributed by atoms with Crippen LogP contribution in [0.1, 0.15) is 79.7 Å². The van der Waals surface area contributed by atoms with Crippen LogP contribution in [0, 0.1) is 13.8 Å². The lowest BCUT2D eigenvalue weighted by Crippen LogP contribution is -1.86. The Balaban J connectivity index is 2.09. The SMILES string of the molecule is CCCCCCc1cc(-c2sc(C)cc2CCCCC)sc1C. The van der Waals surface area contributed by atoms with E-state index in [0.717, 1.165) is 0 Å². The molecular formula is C21H32S2. The molecule has 0 aromatic carbocycles. The molecule has 0 aliphatic heterocycles. The number of thiophene rings is 2. The highest BCUT2D eigenvalue weighted by molar-refractivity contribution is 7.22. The van der Waals surface area contributed by atoms with Gasteiger partial charge in [-0.2, -0.15) is 0 Å². The van der Waals surface area contributed by atoms with E-state index in [4.69, 9.17) is 0 Å². The maximum atomic E-state index is 2.49. The topological polar surface area (TPSA) is 0 Å². The van der Waals surface area contributed by atoms with Crippen molar-refractivity contribution in [2.45, 2.75) is 85.5 Å². The van der Waals surface area contributed by atoms with Crippen LogP contribution >= 0.6 is 22.7 Å². The number of rotatable bonds is 10. The second kappa shape index (κ2) is 9.64. The summed E-state index contributed by atoms with van der Waals surface area (Å²) in [6.45, 7) is 9.13. The molecule has 0 nitrogen and oxygen atoms in total. The molecule has 0 spiro atoms. The molecule has 0 aliphatic rings. The average molecular weight is 349 g/mol. The molecule has 0 amide bonds. The highest BCUT2D eigenvalue weighted by Crippen LogP contribution is 2.39. The van der Waals surface area contributed by atoms with E-state index in [0.29, 0.717) is 0 Å². The molecule has 0 radical (unpaired) electrons. The fraction of sp³-hybridized carbons (Fsp3) is 0.619. The fourth-order valence-electron chi connectivity index (χ4n) is 3.15. The lowest BCUT2D eigenvalue weighted by Gasteiger charge is -2.01. The van der Waals surface area contributed by atoms with Crippen LogP contribution in [0.3, 0.4) is 0 Å². The number of hydrogen-bond donors (Lipinski definition) is 0. The van der Waals surface area contributed by atoms with E-state index in [1.807, 2.05) is 22.7 Å². The average Bonchev–Trinajstić information content (AvgIpc) is 3.07. The van der Waals surface area contributed by atoms with Crippen molar-refractivity contribution >= 4 is 22.7 Å². The molecule has 23 heavy (non-hydrogen) atoms. The number of unbranched alkanes of at least 4 members (excludes halogenated alkanes) is 5. The Morgan fingerprint density at radius 1 is 0.739 bits per heavy atom. The van der Waals surface area contributed by atoms with Gasteiger partial charge in [0.2, 0.25) is 0 Å². The van der Waals surface area contributed by atoms with Gasteiger partial charge in [-0.05, 0) is 62.8 Å². The minimum atomic E-state index is 1.25. The molecule has 0 unspecified atom stereocenters. The third-order valence-corrected chi connectivity index (χ3v) is 6.89. The third kappa shape index (κ3) is 5.46. The van der Waals surface area contributed by atoms with E-state index in [9.17, 15) is 0 Å². The van der Waals surface area contributed by atoms with Gasteiger partial charge < -0.3 is 0 Å². The van der Waals surface area contributed by atoms with Gasteiger partial charge in [0.05, 0.1) is 0 Å². The molecule has 128 valence electrons. The van der Waals surface area contributed by atoms with Crippen LogP contribution in [0.15, 0.2) is 12.1 Å². The molecule has 2 rings (SSSR count). The molecule has 2 aromatic rings. The van der Waals surface area contributed by atoms with E-state index in [2.05, 4.69) is 39.8 Å². The lowest BCUT2D eigenvalue weighted by molar-refractivity contribution is 0.666. The standard InChI is InChI=1S/C21H32S2/c1-5-7-9-11-12-18-15-20(23-17(18)4)21-19(13-10-8-6-2)14-16(3)22-21/h14-15H,5-13H2,1-4H3. The summed E-state index contributed by atoms with van der Waals surface area (Å²) in [6, 6.07) is 4.91. The van der Waals surface area contributed by atoms with Crippen molar-refractivity contribution in [2.24, 2.45) is 0 Å². The zero-order valence-electron chi connectivity index (χ0n) is 15.3. The number of aryl methyl sites for hydroxylation is 4. The molecular weight excluding hydrogens is 316 g/mol. The van der Waals surface area contributed by atoms with Gasteiger partial charge in [0, 0.05) is 19.5 Å². The van der Waals surface area contributed by atoms with Crippen LogP contribution in [0.25, 0.3) is 9.75 Å². The molecule has 0 N–H and O–H groups in total. The summed E-state index contributed by atoms with van der Waals surface area (Å²) in [5.41, 5.74) is 3.17. The van der Waals surface area contributed by atoms with E-state index < -0.39 is 0 Å². The summed E-state index contributed by atoms with van der Waals surface area (Å²) in [7, 11) is 0. The Morgan fingerprint density at radius 3 is 2.13 bits per heavy atom. The largest absolute Gasteiger partial charge is 0.139 e. The first-order chi connectivity index (χ1) is 11.2. The van der Waals surface area contributed by atoms with Gasteiger partial charge in [0.25, 0.3) is 0 Å². The van der Waals surface area contributed by atoms with Crippen LogP contribution in [-0.4, -0.2) is 0 Å². The highest BCUT2D eigenvalue weighted by Gasteiger charge is 2.13. The van der Waals surface area contributed by atoms with E-state index in [1.54, 1.807) is 16.0 Å². The Kier molecular flexibility index (Phi) is 7.85. The zero-order valence-corrected chi connectivity index (χ0v) is 17.0. The predicted octanol–water partition coefficient (Wildman–Crippen LogP) is 7.95. The van der Waals surface area contributed by atoms with Crippen LogP contribution in [0.4, 0.5) is 0 Å². The van der Waals surface area contributed by atoms with E-state index in [1.165, 1.54) is 72.4 Å². The van der Waals surface area contributed by atoms with Crippen molar-refractivity contribution in [3.8, 4) is 9.75 Å². The summed E-state index contributed by atoms with van der Waals surface area (Å²) in [5, 5.41) is 0. The summed E-state index contributed by atoms with van der Waals surface area (Å²) >= 11 is 4.00. The second-order valence-electron chi connectivity index (χ2n) is 6.67. The minimum absolute atomic E-state index is 1.25. The second-order valence-corrected chi connectivity index (χ2v) is 9.18. The van der Waals surface area contributed by atoms with Crippen LogP contribution in [-0.2, 0) is 12.8 Å². The van der Waals surface area contributed by atoms with Crippen molar-refractivity contribution < 1.29 is 0 Å². The summed E-state index contributed by atoms with van der Waals surface area (Å²) in [4.78, 5) is 6.05. The predicted molar refractivity (Wildman–Crippen MR) is 108 cm³/mol. The minimum Gasteiger partial charge on any atom is -0.139 e. The van der Waals surface area contributed by atoms with Gasteiger partial charge in [-0.1, -0.05) is 46.0 Å². The van der Waals surface area contributed by atoms with Gasteiger partial charge in [-0.15, -0.1) is 22.7 Å². The highest BCUT2D eigenvalue weighted by atomic mass is 32.1. The Morgan fingerprint density at radius 2 is 1.39 bits per heavy atom. The van der Waals surface area contributed by atoms with Crippen LogP contribution < -0.4 is 0 Å². The molecule has 0 saturated carbocycles. The number of hydrogen-bond acceptors (Lipinski definition) is 2. The van der Waals surface area contributed by atoms with Crippen LogP contribution in [0.5, 0.6) is 0 Å². The summed E-state index contributed by atoms with van der Waals surface area (Å²) < 4.78 is 0. The maximum Gasteiger partial charge on any atom is 0.0477 e. The molecule has 2 aromatic heterocycles. The maximum absolute atomic E-state index is 2.49. The Hall–Kier alpha value is -0.600. The van der Waals surface area contributed by atoms with Gasteiger partial charge in [0.15, 0.2) is 0 Å². The van der Waals surface area contributed by atoms with Crippen molar-refractivity contribution in [2.75, 3.05) is 0 Å². The van der Waals surface area contributed by atoms with Gasteiger partial charge in [0.1, 0.15) is 0 Å². The normalized spacial score (nSPS) is 11.3. The fourth-order valence-corrected chi connectivity index (χ4v) is 5.42. The first-order valence-corrected chi connectivity index (χ1v) is 11.0. The van der Waals surface area contributed by atoms with Gasteiger partial charge in [-0.3, -0.25) is 0 Å². The van der Waals surface area contributed by atoms with Crippen molar-refractivity contribution in [3.05, 3.63) is 33.0 Å². The van der Waals surface area contributed by atoms with E-state index in [-0.39, 0.29) is 0 Å². The molecule has 0 bridgehead atoms. The molecule has 0 saturated heterocycles.